The van der Waals surface area contributed by atoms with Gasteiger partial charge in [-0.25, -0.2) is 4.79 Å². The van der Waals surface area contributed by atoms with E-state index in [2.05, 4.69) is 16.0 Å². The molecule has 7 N–H and O–H groups in total. The van der Waals surface area contributed by atoms with Crippen LogP contribution in [0.4, 0.5) is 0 Å². The van der Waals surface area contributed by atoms with Gasteiger partial charge in [-0.2, -0.15) is 0 Å². The number of nitrogens with one attached hydrogen (secondary N) is 4. The van der Waals surface area contributed by atoms with E-state index in [1.807, 2.05) is 5.32 Å². The predicted molar refractivity (Wildman–Crippen MR) is 94.7 cm³/mol. The Bertz CT molecular complexity index is 661. The molecule has 1 rings (SSSR count). The summed E-state index contributed by atoms with van der Waals surface area (Å²) < 4.78 is 0. The Morgan fingerprint density at radius 1 is 0.966 bits per heavy atom. The van der Waals surface area contributed by atoms with Gasteiger partial charge in [0.05, 0.1) is 19.0 Å². The third kappa shape index (κ3) is 9.01. The normalized spacial score (nSPS) is 17.6. The number of hydrogen-bond donors (Lipinski definition) is 7. The Hall–Kier alpha value is -3.22. The molecule has 0 radical (unpaired) electrons. The van der Waals surface area contributed by atoms with E-state index in [-0.39, 0.29) is 6.42 Å². The number of amides is 3. The van der Waals surface area contributed by atoms with Crippen molar-refractivity contribution in [2.75, 3.05) is 13.1 Å². The van der Waals surface area contributed by atoms with Gasteiger partial charge in [0, 0.05) is 6.42 Å². The third-order valence-electron chi connectivity index (χ3n) is 4.09. The van der Waals surface area contributed by atoms with Crippen LogP contribution in [0.1, 0.15) is 32.1 Å². The zero-order valence-electron chi connectivity index (χ0n) is 15.5. The number of carbonyl (C=O) groups excluding carboxylic acids is 3. The van der Waals surface area contributed by atoms with Gasteiger partial charge in [0.1, 0.15) is 12.1 Å². The molecule has 0 aromatic rings. The highest BCUT2D eigenvalue weighted by Crippen LogP contribution is 2.06. The molecule has 29 heavy (non-hydrogen) atoms. The molecule has 162 valence electrons. The summed E-state index contributed by atoms with van der Waals surface area (Å²) in [7, 11) is 0. The number of aliphatic carboxylic acids is 3. The highest BCUT2D eigenvalue weighted by atomic mass is 16.4. The fraction of sp³-hybridized carbons (Fsp3) is 0.625. The molecular formula is C16H24N4O9. The summed E-state index contributed by atoms with van der Waals surface area (Å²) in [4.78, 5) is 68.6. The number of hydrogen-bond acceptors (Lipinski definition) is 7. The molecule has 3 amide bonds. The van der Waals surface area contributed by atoms with Crippen molar-refractivity contribution in [2.45, 2.75) is 50.2 Å². The summed E-state index contributed by atoms with van der Waals surface area (Å²) >= 11 is 0. The standard InChI is InChI=1S/C16H24N4O9/c21-11(19-10(16(28)29)6-13(24)25)7-18-14(26)9(3-4-12(22)23)20-15(27)8-2-1-5-17-8/h8-10,17H,1-7H2,(H,18,26)(H,19,21)(H,20,27)(H,22,23)(H,24,25)(H,28,29). The Balaban J connectivity index is 2.61. The first-order valence-corrected chi connectivity index (χ1v) is 8.87. The number of carboxylic acid groups (broad SMARTS) is 3. The van der Waals surface area contributed by atoms with Crippen molar-refractivity contribution < 1.29 is 44.1 Å². The van der Waals surface area contributed by atoms with E-state index < -0.39 is 73.1 Å². The molecule has 3 unspecified atom stereocenters. The maximum Gasteiger partial charge on any atom is 0.326 e. The largest absolute Gasteiger partial charge is 0.481 e. The summed E-state index contributed by atoms with van der Waals surface area (Å²) in [5.74, 6) is -6.40. The van der Waals surface area contributed by atoms with Crippen molar-refractivity contribution >= 4 is 35.6 Å². The number of carbonyl (C=O) groups is 6. The van der Waals surface area contributed by atoms with Gasteiger partial charge >= 0.3 is 17.9 Å². The second-order valence-electron chi connectivity index (χ2n) is 6.42. The van der Waals surface area contributed by atoms with Gasteiger partial charge in [0.2, 0.25) is 17.7 Å². The van der Waals surface area contributed by atoms with Crippen LogP contribution in [0.25, 0.3) is 0 Å². The van der Waals surface area contributed by atoms with Crippen molar-refractivity contribution in [3.63, 3.8) is 0 Å². The lowest BCUT2D eigenvalue weighted by Crippen LogP contribution is -2.53. The van der Waals surface area contributed by atoms with E-state index in [0.29, 0.717) is 13.0 Å². The van der Waals surface area contributed by atoms with Crippen LogP contribution < -0.4 is 21.3 Å². The van der Waals surface area contributed by atoms with Crippen LogP contribution in [0.2, 0.25) is 0 Å². The minimum Gasteiger partial charge on any atom is -0.481 e. The lowest BCUT2D eigenvalue weighted by Gasteiger charge is -2.20. The Morgan fingerprint density at radius 2 is 1.66 bits per heavy atom. The molecule has 0 saturated carbocycles. The van der Waals surface area contributed by atoms with Crippen LogP contribution >= 0.6 is 0 Å². The van der Waals surface area contributed by atoms with E-state index in [1.54, 1.807) is 0 Å². The Labute approximate surface area is 165 Å². The average Bonchev–Trinajstić information content (AvgIpc) is 3.16. The van der Waals surface area contributed by atoms with Gasteiger partial charge < -0.3 is 36.6 Å². The van der Waals surface area contributed by atoms with Crippen LogP contribution in [0.3, 0.4) is 0 Å². The molecule has 0 aliphatic carbocycles. The Morgan fingerprint density at radius 3 is 2.17 bits per heavy atom. The smallest absolute Gasteiger partial charge is 0.326 e. The molecule has 1 heterocycles. The van der Waals surface area contributed by atoms with E-state index >= 15 is 0 Å². The van der Waals surface area contributed by atoms with E-state index in [1.165, 1.54) is 0 Å². The molecule has 13 nitrogen and oxygen atoms in total. The van der Waals surface area contributed by atoms with Gasteiger partial charge in [0.15, 0.2) is 0 Å². The quantitative estimate of drug-likeness (QED) is 0.174. The van der Waals surface area contributed by atoms with Gasteiger partial charge in [-0.05, 0) is 25.8 Å². The summed E-state index contributed by atoms with van der Waals surface area (Å²) in [6.07, 6.45) is -0.103. The van der Waals surface area contributed by atoms with Crippen LogP contribution in [0, 0.1) is 0 Å². The lowest BCUT2D eigenvalue weighted by atomic mass is 10.1. The first-order chi connectivity index (χ1) is 13.6. The van der Waals surface area contributed by atoms with Crippen molar-refractivity contribution in [2.24, 2.45) is 0 Å². The molecule has 13 heteroatoms. The fourth-order valence-corrected chi connectivity index (χ4v) is 2.63. The maximum absolute atomic E-state index is 12.3. The minimum atomic E-state index is -1.67. The van der Waals surface area contributed by atoms with E-state index in [9.17, 15) is 28.8 Å². The Kier molecular flexibility index (Phi) is 9.51. The van der Waals surface area contributed by atoms with E-state index in [0.717, 1.165) is 6.42 Å². The van der Waals surface area contributed by atoms with Crippen molar-refractivity contribution in [3.8, 4) is 0 Å². The average molecular weight is 416 g/mol. The number of carboxylic acids is 3. The topological polar surface area (TPSA) is 211 Å². The molecule has 0 bridgehead atoms. The summed E-state index contributed by atoms with van der Waals surface area (Å²) in [6, 6.07) is -3.37. The summed E-state index contributed by atoms with van der Waals surface area (Å²) in [5.41, 5.74) is 0. The first kappa shape index (κ1) is 23.8. The monoisotopic (exact) mass is 416 g/mol. The summed E-state index contributed by atoms with van der Waals surface area (Å²) in [6.45, 7) is -0.0330. The van der Waals surface area contributed by atoms with Crippen molar-refractivity contribution in [3.05, 3.63) is 0 Å². The molecule has 3 atom stereocenters. The maximum atomic E-state index is 12.3. The van der Waals surface area contributed by atoms with Gasteiger partial charge in [-0.15, -0.1) is 0 Å². The number of rotatable bonds is 12. The van der Waals surface area contributed by atoms with Crippen molar-refractivity contribution in [1.82, 2.24) is 21.3 Å². The van der Waals surface area contributed by atoms with Crippen LogP contribution in [-0.4, -0.2) is 82.2 Å². The molecule has 1 saturated heterocycles. The van der Waals surface area contributed by atoms with Crippen LogP contribution in [-0.2, 0) is 28.8 Å². The molecule has 0 aromatic heterocycles. The van der Waals surface area contributed by atoms with Gasteiger partial charge in [0.25, 0.3) is 0 Å². The molecule has 1 aliphatic rings. The third-order valence-corrected chi connectivity index (χ3v) is 4.09. The second kappa shape index (κ2) is 11.6. The fourth-order valence-electron chi connectivity index (χ4n) is 2.63. The molecular weight excluding hydrogens is 392 g/mol. The van der Waals surface area contributed by atoms with Crippen LogP contribution in [0.15, 0.2) is 0 Å². The minimum absolute atomic E-state index is 0.210. The SMILES string of the molecule is O=C(O)CCC(NC(=O)C1CCCN1)C(=O)NCC(=O)NC(CC(=O)O)C(=O)O. The first-order valence-electron chi connectivity index (χ1n) is 8.87. The zero-order chi connectivity index (χ0) is 22.0. The zero-order valence-corrected chi connectivity index (χ0v) is 15.5. The lowest BCUT2D eigenvalue weighted by molar-refractivity contribution is -0.147. The second-order valence-corrected chi connectivity index (χ2v) is 6.42. The van der Waals surface area contributed by atoms with E-state index in [4.69, 9.17) is 15.3 Å². The van der Waals surface area contributed by atoms with Gasteiger partial charge in [-0.1, -0.05) is 0 Å². The predicted octanol–water partition coefficient (Wildman–Crippen LogP) is -2.75. The van der Waals surface area contributed by atoms with Gasteiger partial charge in [-0.3, -0.25) is 24.0 Å². The highest BCUT2D eigenvalue weighted by Gasteiger charge is 2.28. The molecule has 1 fully saturated rings. The van der Waals surface area contributed by atoms with Crippen LogP contribution in [0.5, 0.6) is 0 Å². The molecule has 0 spiro atoms. The molecule has 0 aromatic carbocycles. The summed E-state index contributed by atoms with van der Waals surface area (Å²) in [5, 5.41) is 35.8. The molecule has 1 aliphatic heterocycles. The van der Waals surface area contributed by atoms with Crippen molar-refractivity contribution in [1.29, 1.82) is 0 Å². The highest BCUT2D eigenvalue weighted by molar-refractivity contribution is 5.93.